The van der Waals surface area contributed by atoms with Crippen LogP contribution in [-0.2, 0) is 4.74 Å². The van der Waals surface area contributed by atoms with Crippen LogP contribution in [0.4, 0.5) is 0 Å². The van der Waals surface area contributed by atoms with Crippen molar-refractivity contribution in [2.45, 2.75) is 18.9 Å². The van der Waals surface area contributed by atoms with Crippen molar-refractivity contribution in [1.29, 1.82) is 0 Å². The maximum Gasteiger partial charge on any atom is 0.162 e. The third kappa shape index (κ3) is 3.03. The zero-order chi connectivity index (χ0) is 12.8. The quantitative estimate of drug-likeness (QED) is 0.751. The molecule has 4 heteroatoms. The first-order chi connectivity index (χ1) is 8.83. The van der Waals surface area contributed by atoms with E-state index < -0.39 is 0 Å². The van der Waals surface area contributed by atoms with Gasteiger partial charge in [0.05, 0.1) is 13.4 Å². The van der Waals surface area contributed by atoms with Crippen LogP contribution >= 0.6 is 0 Å². The van der Waals surface area contributed by atoms with Crippen LogP contribution in [0.2, 0.25) is 0 Å². The Bertz CT molecular complexity index is 439. The Kier molecular flexibility index (Phi) is 4.23. The fourth-order valence-corrected chi connectivity index (χ4v) is 1.77. The van der Waals surface area contributed by atoms with Crippen molar-refractivity contribution in [3.63, 3.8) is 0 Å². The summed E-state index contributed by atoms with van der Waals surface area (Å²) in [5, 5.41) is 0. The molecule has 0 bridgehead atoms. The normalized spacial score (nSPS) is 17.9. The lowest BCUT2D eigenvalue weighted by Gasteiger charge is -2.20. The van der Waals surface area contributed by atoms with Crippen LogP contribution in [0.3, 0.4) is 0 Å². The molecule has 1 aromatic rings. The number of benzene rings is 1. The van der Waals surface area contributed by atoms with Crippen molar-refractivity contribution in [3.05, 3.63) is 36.1 Å². The molecular formula is C14H16O4. The van der Waals surface area contributed by atoms with E-state index in [0.717, 1.165) is 19.1 Å². The summed E-state index contributed by atoms with van der Waals surface area (Å²) in [7, 11) is 1.57. The summed E-state index contributed by atoms with van der Waals surface area (Å²) < 4.78 is 16.3. The highest BCUT2D eigenvalue weighted by atomic mass is 16.5. The van der Waals surface area contributed by atoms with Gasteiger partial charge >= 0.3 is 0 Å². The first-order valence-electron chi connectivity index (χ1n) is 5.90. The lowest BCUT2D eigenvalue weighted by molar-refractivity contribution is 0.0720. The molecule has 0 N–H and O–H groups in total. The van der Waals surface area contributed by atoms with Gasteiger partial charge in [0.1, 0.15) is 19.0 Å². The maximum atomic E-state index is 10.7. The molecule has 0 aliphatic carbocycles. The van der Waals surface area contributed by atoms with Gasteiger partial charge in [-0.25, -0.2) is 0 Å². The van der Waals surface area contributed by atoms with Crippen molar-refractivity contribution >= 4 is 6.29 Å². The molecule has 0 saturated carbocycles. The van der Waals surface area contributed by atoms with Crippen LogP contribution in [0.25, 0.3) is 0 Å². The molecule has 0 amide bonds. The molecule has 1 aliphatic rings. The summed E-state index contributed by atoms with van der Waals surface area (Å²) in [5.41, 5.74) is 0.565. The van der Waals surface area contributed by atoms with Gasteiger partial charge in [-0.3, -0.25) is 4.79 Å². The number of allylic oxidation sites excluding steroid dienone is 1. The molecule has 2 rings (SSSR count). The van der Waals surface area contributed by atoms with Crippen LogP contribution in [0.1, 0.15) is 23.2 Å². The molecule has 18 heavy (non-hydrogen) atoms. The molecule has 1 heterocycles. The summed E-state index contributed by atoms with van der Waals surface area (Å²) in [6.45, 7) is 0.447. The van der Waals surface area contributed by atoms with Crippen LogP contribution in [0.15, 0.2) is 30.5 Å². The third-order valence-electron chi connectivity index (χ3n) is 2.77. The SMILES string of the molecule is COc1ccc(C=O)cc1OCC1CCC=CO1. The summed E-state index contributed by atoms with van der Waals surface area (Å²) in [4.78, 5) is 10.7. The van der Waals surface area contributed by atoms with Crippen LogP contribution in [0, 0.1) is 0 Å². The Morgan fingerprint density at radius 2 is 2.33 bits per heavy atom. The monoisotopic (exact) mass is 248 g/mol. The first kappa shape index (κ1) is 12.5. The van der Waals surface area contributed by atoms with Gasteiger partial charge in [-0.05, 0) is 37.1 Å². The number of hydrogen-bond donors (Lipinski definition) is 0. The number of aldehydes is 1. The second-order valence-corrected chi connectivity index (χ2v) is 4.05. The smallest absolute Gasteiger partial charge is 0.162 e. The van der Waals surface area contributed by atoms with Gasteiger partial charge < -0.3 is 14.2 Å². The van der Waals surface area contributed by atoms with E-state index in [0.29, 0.717) is 23.7 Å². The lowest BCUT2D eigenvalue weighted by Crippen LogP contribution is -2.21. The average molecular weight is 248 g/mol. The van der Waals surface area contributed by atoms with Crippen molar-refractivity contribution in [1.82, 2.24) is 0 Å². The Balaban J connectivity index is 2.02. The Labute approximate surface area is 106 Å². The van der Waals surface area contributed by atoms with Gasteiger partial charge in [0.25, 0.3) is 0 Å². The number of hydrogen-bond acceptors (Lipinski definition) is 4. The number of ether oxygens (including phenoxy) is 3. The molecule has 0 spiro atoms. The van der Waals surface area contributed by atoms with Crippen LogP contribution < -0.4 is 9.47 Å². The molecule has 1 unspecified atom stereocenters. The zero-order valence-electron chi connectivity index (χ0n) is 10.3. The highest BCUT2D eigenvalue weighted by molar-refractivity contribution is 5.76. The standard InChI is InChI=1S/C14H16O4/c1-16-13-6-5-11(9-15)8-14(13)18-10-12-4-2-3-7-17-12/h3,5-9,12H,2,4,10H2,1H3. The number of carbonyl (C=O) groups is 1. The number of methoxy groups -OCH3 is 1. The van der Waals surface area contributed by atoms with E-state index in [1.807, 2.05) is 6.08 Å². The van der Waals surface area contributed by atoms with Crippen LogP contribution in [0.5, 0.6) is 11.5 Å². The predicted octanol–water partition coefficient (Wildman–Crippen LogP) is 2.58. The first-order valence-corrected chi connectivity index (χ1v) is 5.90. The minimum atomic E-state index is 0.0552. The largest absolute Gasteiger partial charge is 0.495 e. The fourth-order valence-electron chi connectivity index (χ4n) is 1.77. The van der Waals surface area contributed by atoms with E-state index in [-0.39, 0.29) is 6.10 Å². The summed E-state index contributed by atoms with van der Waals surface area (Å²) in [6, 6.07) is 5.09. The Morgan fingerprint density at radius 1 is 1.44 bits per heavy atom. The van der Waals surface area contributed by atoms with Gasteiger partial charge in [-0.15, -0.1) is 0 Å². The predicted molar refractivity (Wildman–Crippen MR) is 67.1 cm³/mol. The highest BCUT2D eigenvalue weighted by Crippen LogP contribution is 2.28. The molecule has 96 valence electrons. The minimum Gasteiger partial charge on any atom is -0.495 e. The van der Waals surface area contributed by atoms with Gasteiger partial charge in [0.15, 0.2) is 11.5 Å². The average Bonchev–Trinajstić information content (AvgIpc) is 2.45. The fraction of sp³-hybridized carbons (Fsp3) is 0.357. The maximum absolute atomic E-state index is 10.7. The minimum absolute atomic E-state index is 0.0552. The van der Waals surface area contributed by atoms with E-state index >= 15 is 0 Å². The number of rotatable bonds is 5. The summed E-state index contributed by atoms with van der Waals surface area (Å²) in [6.07, 6.45) is 6.47. The molecule has 0 fully saturated rings. The van der Waals surface area contributed by atoms with Crippen molar-refractivity contribution < 1.29 is 19.0 Å². The van der Waals surface area contributed by atoms with Crippen molar-refractivity contribution in [2.75, 3.05) is 13.7 Å². The molecule has 1 aromatic carbocycles. The third-order valence-corrected chi connectivity index (χ3v) is 2.77. The van der Waals surface area contributed by atoms with E-state index in [1.54, 1.807) is 31.6 Å². The lowest BCUT2D eigenvalue weighted by atomic mass is 10.2. The van der Waals surface area contributed by atoms with E-state index in [2.05, 4.69) is 0 Å². The molecule has 0 aromatic heterocycles. The van der Waals surface area contributed by atoms with E-state index in [1.165, 1.54) is 0 Å². The van der Waals surface area contributed by atoms with E-state index in [9.17, 15) is 4.79 Å². The highest BCUT2D eigenvalue weighted by Gasteiger charge is 2.13. The van der Waals surface area contributed by atoms with Crippen LogP contribution in [-0.4, -0.2) is 26.1 Å². The van der Waals surface area contributed by atoms with Gasteiger partial charge in [0, 0.05) is 5.56 Å². The van der Waals surface area contributed by atoms with Crippen molar-refractivity contribution in [2.24, 2.45) is 0 Å². The molecule has 1 aliphatic heterocycles. The molecular weight excluding hydrogens is 232 g/mol. The Morgan fingerprint density at radius 3 is 3.00 bits per heavy atom. The molecule has 0 radical (unpaired) electrons. The van der Waals surface area contributed by atoms with Gasteiger partial charge in [-0.1, -0.05) is 0 Å². The topological polar surface area (TPSA) is 44.8 Å². The van der Waals surface area contributed by atoms with Gasteiger partial charge in [0.2, 0.25) is 0 Å². The van der Waals surface area contributed by atoms with E-state index in [4.69, 9.17) is 14.2 Å². The molecule has 4 nitrogen and oxygen atoms in total. The summed E-state index contributed by atoms with van der Waals surface area (Å²) in [5.74, 6) is 1.19. The Hall–Kier alpha value is -1.97. The van der Waals surface area contributed by atoms with Crippen molar-refractivity contribution in [3.8, 4) is 11.5 Å². The summed E-state index contributed by atoms with van der Waals surface area (Å²) >= 11 is 0. The number of carbonyl (C=O) groups excluding carboxylic acids is 1. The van der Waals surface area contributed by atoms with Gasteiger partial charge in [-0.2, -0.15) is 0 Å². The molecule has 1 atom stereocenters. The molecule has 0 saturated heterocycles. The zero-order valence-corrected chi connectivity index (χ0v) is 10.3. The second-order valence-electron chi connectivity index (χ2n) is 4.05. The second kappa shape index (κ2) is 6.10.